The molecule has 2 N–H and O–H groups in total. The van der Waals surface area contributed by atoms with E-state index in [0.29, 0.717) is 0 Å². The highest BCUT2D eigenvalue weighted by atomic mass is 15.1. The predicted octanol–water partition coefficient (Wildman–Crippen LogP) is 1.34. The summed E-state index contributed by atoms with van der Waals surface area (Å²) >= 11 is 0. The van der Waals surface area contributed by atoms with Crippen molar-refractivity contribution in [1.29, 1.82) is 0 Å². The maximum Gasteiger partial charge on any atom is 0.0991 e. The number of nitrogens with zero attached hydrogens (tertiary/aromatic N) is 2. The van der Waals surface area contributed by atoms with Crippen LogP contribution in [0.4, 0.5) is 0 Å². The van der Waals surface area contributed by atoms with Gasteiger partial charge in [-0.05, 0) is 13.6 Å². The van der Waals surface area contributed by atoms with Crippen molar-refractivity contribution in [3.8, 4) is 0 Å². The van der Waals surface area contributed by atoms with Gasteiger partial charge >= 0.3 is 0 Å². The van der Waals surface area contributed by atoms with Gasteiger partial charge in [0.15, 0.2) is 0 Å². The van der Waals surface area contributed by atoms with E-state index >= 15 is 0 Å². The Hall–Kier alpha value is -0.570. The fraction of sp³-hybridized carbons (Fsp3) is 0.900. The minimum atomic E-state index is 0.00475. The Bertz CT molecular complexity index is 167. The molecule has 0 atom stereocenters. The van der Waals surface area contributed by atoms with E-state index in [1.807, 2.05) is 0 Å². The van der Waals surface area contributed by atoms with Gasteiger partial charge in [-0.15, -0.1) is 0 Å². The van der Waals surface area contributed by atoms with E-state index < -0.39 is 0 Å². The molecule has 0 aromatic rings. The quantitative estimate of drug-likeness (QED) is 0.530. The van der Waals surface area contributed by atoms with Crippen molar-refractivity contribution in [1.82, 2.24) is 4.90 Å². The molecule has 78 valence electrons. The van der Waals surface area contributed by atoms with Crippen LogP contribution in [0.5, 0.6) is 0 Å². The Labute approximate surface area is 82.0 Å². The van der Waals surface area contributed by atoms with Gasteiger partial charge in [0.25, 0.3) is 0 Å². The van der Waals surface area contributed by atoms with Gasteiger partial charge in [0.2, 0.25) is 0 Å². The minimum Gasteiger partial charge on any atom is -0.387 e. The maximum atomic E-state index is 5.81. The molecule has 0 unspecified atom stereocenters. The van der Waals surface area contributed by atoms with Crippen LogP contribution >= 0.6 is 0 Å². The molecule has 0 heterocycles. The van der Waals surface area contributed by atoms with Gasteiger partial charge in [0, 0.05) is 12.0 Å². The second-order valence-electron chi connectivity index (χ2n) is 4.41. The van der Waals surface area contributed by atoms with Gasteiger partial charge in [0.05, 0.1) is 12.4 Å². The first-order chi connectivity index (χ1) is 5.88. The average molecular weight is 185 g/mol. The van der Waals surface area contributed by atoms with Crippen LogP contribution in [0.2, 0.25) is 0 Å². The molecular weight excluding hydrogens is 162 g/mol. The van der Waals surface area contributed by atoms with Crippen LogP contribution in [-0.2, 0) is 0 Å². The first kappa shape index (κ1) is 12.4. The molecule has 0 aromatic carbocycles. The molecule has 0 spiro atoms. The maximum absolute atomic E-state index is 5.81. The number of hydrogen-bond acceptors (Lipinski definition) is 2. The Morgan fingerprint density at radius 3 is 2.31 bits per heavy atom. The van der Waals surface area contributed by atoms with Crippen molar-refractivity contribution >= 4 is 5.84 Å². The Balaban J connectivity index is 3.85. The van der Waals surface area contributed by atoms with Crippen molar-refractivity contribution in [2.45, 2.75) is 27.7 Å². The first-order valence-corrected chi connectivity index (χ1v) is 4.87. The highest BCUT2D eigenvalue weighted by Gasteiger charge is 2.14. The Morgan fingerprint density at radius 1 is 1.38 bits per heavy atom. The number of aliphatic imine (C=N–C) groups is 1. The molecule has 0 fully saturated rings. The summed E-state index contributed by atoms with van der Waals surface area (Å²) in [5.41, 5.74) is 5.81. The van der Waals surface area contributed by atoms with Gasteiger partial charge < -0.3 is 10.6 Å². The van der Waals surface area contributed by atoms with Crippen LogP contribution in [0.1, 0.15) is 27.7 Å². The van der Waals surface area contributed by atoms with Crippen molar-refractivity contribution in [3.05, 3.63) is 0 Å². The molecule has 0 aliphatic heterocycles. The SMILES string of the molecule is CCN(C)CCN=C(N)C(C)(C)C. The van der Waals surface area contributed by atoms with Crippen LogP contribution in [0.3, 0.4) is 0 Å². The van der Waals surface area contributed by atoms with Gasteiger partial charge in [-0.2, -0.15) is 0 Å². The van der Waals surface area contributed by atoms with Gasteiger partial charge in [0.1, 0.15) is 0 Å². The molecule has 0 aliphatic carbocycles. The zero-order chi connectivity index (χ0) is 10.5. The lowest BCUT2D eigenvalue weighted by atomic mass is 9.95. The molecule has 0 saturated carbocycles. The number of amidine groups is 1. The summed E-state index contributed by atoms with van der Waals surface area (Å²) in [5, 5.41) is 0. The summed E-state index contributed by atoms with van der Waals surface area (Å²) in [7, 11) is 2.09. The third-order valence-electron chi connectivity index (χ3n) is 2.07. The molecular formula is C10H23N3. The van der Waals surface area contributed by atoms with Crippen molar-refractivity contribution in [2.75, 3.05) is 26.7 Å². The molecule has 0 amide bonds. The van der Waals surface area contributed by atoms with E-state index in [0.717, 1.165) is 25.5 Å². The lowest BCUT2D eigenvalue weighted by Gasteiger charge is -2.18. The molecule has 0 saturated heterocycles. The van der Waals surface area contributed by atoms with Crippen LogP contribution in [0.15, 0.2) is 4.99 Å². The number of likely N-dealkylation sites (N-methyl/N-ethyl adjacent to an activating group) is 1. The Morgan fingerprint density at radius 2 is 1.92 bits per heavy atom. The molecule has 3 nitrogen and oxygen atoms in total. The summed E-state index contributed by atoms with van der Waals surface area (Å²) in [6.07, 6.45) is 0. The summed E-state index contributed by atoms with van der Waals surface area (Å²) < 4.78 is 0. The van der Waals surface area contributed by atoms with E-state index in [9.17, 15) is 0 Å². The molecule has 3 heteroatoms. The van der Waals surface area contributed by atoms with Crippen LogP contribution in [0, 0.1) is 5.41 Å². The Kier molecular flexibility index (Phi) is 4.99. The standard InChI is InChI=1S/C10H23N3/c1-6-13(5)8-7-12-9(11)10(2,3)4/h6-8H2,1-5H3,(H2,11,12). The molecule has 0 rings (SSSR count). The highest BCUT2D eigenvalue weighted by Crippen LogP contribution is 2.12. The van der Waals surface area contributed by atoms with Crippen molar-refractivity contribution in [2.24, 2.45) is 16.1 Å². The monoisotopic (exact) mass is 185 g/mol. The fourth-order valence-corrected chi connectivity index (χ4v) is 0.736. The zero-order valence-electron chi connectivity index (χ0n) is 9.59. The highest BCUT2D eigenvalue weighted by molar-refractivity contribution is 5.85. The largest absolute Gasteiger partial charge is 0.387 e. The van der Waals surface area contributed by atoms with Crippen LogP contribution in [-0.4, -0.2) is 37.4 Å². The average Bonchev–Trinajstić information content (AvgIpc) is 2.02. The third kappa shape index (κ3) is 5.64. The minimum absolute atomic E-state index is 0.00475. The predicted molar refractivity (Wildman–Crippen MR) is 59.1 cm³/mol. The zero-order valence-corrected chi connectivity index (χ0v) is 9.59. The fourth-order valence-electron chi connectivity index (χ4n) is 0.736. The van der Waals surface area contributed by atoms with Crippen LogP contribution in [0.25, 0.3) is 0 Å². The topological polar surface area (TPSA) is 41.6 Å². The molecule has 13 heavy (non-hydrogen) atoms. The van der Waals surface area contributed by atoms with E-state index in [1.165, 1.54) is 0 Å². The van der Waals surface area contributed by atoms with E-state index in [-0.39, 0.29) is 5.41 Å². The molecule has 0 bridgehead atoms. The summed E-state index contributed by atoms with van der Waals surface area (Å²) in [5.74, 6) is 0.747. The summed E-state index contributed by atoms with van der Waals surface area (Å²) in [6, 6.07) is 0. The lowest BCUT2D eigenvalue weighted by Crippen LogP contribution is -2.30. The molecule has 0 radical (unpaired) electrons. The lowest BCUT2D eigenvalue weighted by molar-refractivity contribution is 0.363. The van der Waals surface area contributed by atoms with Crippen molar-refractivity contribution in [3.63, 3.8) is 0 Å². The molecule has 0 aromatic heterocycles. The molecule has 0 aliphatic rings. The number of nitrogens with two attached hydrogens (primary N) is 1. The van der Waals surface area contributed by atoms with Crippen molar-refractivity contribution < 1.29 is 0 Å². The number of rotatable bonds is 4. The summed E-state index contributed by atoms with van der Waals surface area (Å²) in [4.78, 5) is 6.56. The normalized spacial score (nSPS) is 13.8. The van der Waals surface area contributed by atoms with Gasteiger partial charge in [-0.25, -0.2) is 0 Å². The van der Waals surface area contributed by atoms with E-state index in [1.54, 1.807) is 0 Å². The number of hydrogen-bond donors (Lipinski definition) is 1. The second-order valence-corrected chi connectivity index (χ2v) is 4.41. The second kappa shape index (κ2) is 5.22. The van der Waals surface area contributed by atoms with E-state index in [4.69, 9.17) is 5.73 Å². The van der Waals surface area contributed by atoms with Gasteiger partial charge in [-0.3, -0.25) is 4.99 Å². The smallest absolute Gasteiger partial charge is 0.0991 e. The first-order valence-electron chi connectivity index (χ1n) is 4.87. The van der Waals surface area contributed by atoms with Crippen LogP contribution < -0.4 is 5.73 Å². The summed E-state index contributed by atoms with van der Waals surface area (Å²) in [6.45, 7) is 11.2. The van der Waals surface area contributed by atoms with Gasteiger partial charge in [-0.1, -0.05) is 27.7 Å². The van der Waals surface area contributed by atoms with E-state index in [2.05, 4.69) is 44.6 Å². The third-order valence-corrected chi connectivity index (χ3v) is 2.07.